The van der Waals surface area contributed by atoms with Gasteiger partial charge in [0.05, 0.1) is 12.8 Å². The highest BCUT2D eigenvalue weighted by atomic mass is 16.3. The van der Waals surface area contributed by atoms with Crippen molar-refractivity contribution in [3.8, 4) is 0 Å². The highest BCUT2D eigenvalue weighted by Gasteiger charge is 2.31. The number of rotatable bonds is 8. The molecule has 1 aromatic rings. The first-order chi connectivity index (χ1) is 8.31. The van der Waals surface area contributed by atoms with Crippen molar-refractivity contribution in [1.82, 2.24) is 10.2 Å². The van der Waals surface area contributed by atoms with Crippen molar-refractivity contribution < 1.29 is 4.42 Å². The largest absolute Gasteiger partial charge is 0.468 e. The van der Waals surface area contributed by atoms with E-state index in [1.54, 1.807) is 6.26 Å². The predicted octanol–water partition coefficient (Wildman–Crippen LogP) is 2.63. The highest BCUT2D eigenvalue weighted by Crippen LogP contribution is 2.28. The average Bonchev–Trinajstić information content (AvgIpc) is 3.03. The Bertz CT molecular complexity index is 306. The van der Waals surface area contributed by atoms with Crippen molar-refractivity contribution in [2.45, 2.75) is 51.7 Å². The third kappa shape index (κ3) is 3.86. The van der Waals surface area contributed by atoms with Gasteiger partial charge in [0.2, 0.25) is 0 Å². The van der Waals surface area contributed by atoms with Crippen LogP contribution in [0.15, 0.2) is 22.8 Å². The molecule has 96 valence electrons. The second-order valence-corrected chi connectivity index (χ2v) is 5.03. The lowest BCUT2D eigenvalue weighted by Gasteiger charge is -2.28. The van der Waals surface area contributed by atoms with Gasteiger partial charge in [-0.2, -0.15) is 0 Å². The Morgan fingerprint density at radius 2 is 2.35 bits per heavy atom. The second kappa shape index (κ2) is 6.22. The van der Waals surface area contributed by atoms with Gasteiger partial charge < -0.3 is 9.73 Å². The van der Waals surface area contributed by atoms with Gasteiger partial charge in [-0.15, -0.1) is 0 Å². The Morgan fingerprint density at radius 3 is 2.94 bits per heavy atom. The average molecular weight is 236 g/mol. The summed E-state index contributed by atoms with van der Waals surface area (Å²) in [6, 6.07) is 5.43. The summed E-state index contributed by atoms with van der Waals surface area (Å²) in [5.41, 5.74) is 0. The lowest BCUT2D eigenvalue weighted by Crippen LogP contribution is -2.42. The first kappa shape index (κ1) is 12.7. The van der Waals surface area contributed by atoms with Crippen LogP contribution in [-0.4, -0.2) is 30.1 Å². The van der Waals surface area contributed by atoms with Crippen LogP contribution in [0.25, 0.3) is 0 Å². The molecule has 1 heterocycles. The predicted molar refractivity (Wildman–Crippen MR) is 69.9 cm³/mol. The van der Waals surface area contributed by atoms with Gasteiger partial charge in [-0.05, 0) is 44.9 Å². The van der Waals surface area contributed by atoms with Crippen LogP contribution in [0, 0.1) is 0 Å². The summed E-state index contributed by atoms with van der Waals surface area (Å²) in [5, 5.41) is 3.47. The molecule has 1 aliphatic rings. The molecule has 1 aromatic heterocycles. The van der Waals surface area contributed by atoms with Crippen molar-refractivity contribution in [1.29, 1.82) is 0 Å². The topological polar surface area (TPSA) is 28.4 Å². The molecule has 0 amide bonds. The van der Waals surface area contributed by atoms with E-state index in [0.717, 1.165) is 24.9 Å². The molecule has 1 atom stereocenters. The van der Waals surface area contributed by atoms with E-state index in [1.807, 2.05) is 12.1 Å². The van der Waals surface area contributed by atoms with Gasteiger partial charge in [0.15, 0.2) is 0 Å². The summed E-state index contributed by atoms with van der Waals surface area (Å²) in [4.78, 5) is 2.65. The Balaban J connectivity index is 1.69. The van der Waals surface area contributed by atoms with Crippen LogP contribution in [-0.2, 0) is 6.54 Å². The van der Waals surface area contributed by atoms with Gasteiger partial charge in [0.1, 0.15) is 5.76 Å². The zero-order valence-corrected chi connectivity index (χ0v) is 11.0. The molecule has 2 rings (SSSR count). The van der Waals surface area contributed by atoms with Crippen molar-refractivity contribution in [2.24, 2.45) is 0 Å². The highest BCUT2D eigenvalue weighted by molar-refractivity contribution is 4.97. The van der Waals surface area contributed by atoms with E-state index in [1.165, 1.54) is 25.8 Å². The molecule has 1 fully saturated rings. The van der Waals surface area contributed by atoms with Gasteiger partial charge in [-0.3, -0.25) is 4.90 Å². The minimum absolute atomic E-state index is 0.623. The van der Waals surface area contributed by atoms with Gasteiger partial charge >= 0.3 is 0 Å². The SMILES string of the molecule is CCCN(C(C)CNCc1ccco1)C1CC1. The molecular weight excluding hydrogens is 212 g/mol. The summed E-state index contributed by atoms with van der Waals surface area (Å²) in [5.74, 6) is 1.02. The maximum absolute atomic E-state index is 5.31. The molecular formula is C14H24N2O. The zero-order valence-electron chi connectivity index (χ0n) is 11.0. The summed E-state index contributed by atoms with van der Waals surface area (Å²) < 4.78 is 5.31. The normalized spacial score (nSPS) is 17.6. The molecule has 1 unspecified atom stereocenters. The number of hydrogen-bond acceptors (Lipinski definition) is 3. The smallest absolute Gasteiger partial charge is 0.117 e. The monoisotopic (exact) mass is 236 g/mol. The van der Waals surface area contributed by atoms with Crippen LogP contribution in [0.3, 0.4) is 0 Å². The molecule has 1 N–H and O–H groups in total. The Morgan fingerprint density at radius 1 is 1.53 bits per heavy atom. The fourth-order valence-electron chi connectivity index (χ4n) is 2.36. The molecule has 3 heteroatoms. The molecule has 0 radical (unpaired) electrons. The number of nitrogens with one attached hydrogen (secondary N) is 1. The van der Waals surface area contributed by atoms with Crippen LogP contribution < -0.4 is 5.32 Å². The number of hydrogen-bond donors (Lipinski definition) is 1. The minimum Gasteiger partial charge on any atom is -0.468 e. The van der Waals surface area contributed by atoms with Crippen molar-refractivity contribution >= 4 is 0 Å². The van der Waals surface area contributed by atoms with E-state index >= 15 is 0 Å². The number of furan rings is 1. The fraction of sp³-hybridized carbons (Fsp3) is 0.714. The first-order valence-corrected chi connectivity index (χ1v) is 6.80. The molecule has 3 nitrogen and oxygen atoms in total. The fourth-order valence-corrected chi connectivity index (χ4v) is 2.36. The van der Waals surface area contributed by atoms with Crippen molar-refractivity contribution in [3.63, 3.8) is 0 Å². The maximum atomic E-state index is 5.31. The van der Waals surface area contributed by atoms with E-state index in [-0.39, 0.29) is 0 Å². The second-order valence-electron chi connectivity index (χ2n) is 5.03. The zero-order chi connectivity index (χ0) is 12.1. The molecule has 0 bridgehead atoms. The van der Waals surface area contributed by atoms with Crippen LogP contribution in [0.1, 0.15) is 38.9 Å². The Kier molecular flexibility index (Phi) is 4.63. The van der Waals surface area contributed by atoms with E-state index in [9.17, 15) is 0 Å². The first-order valence-electron chi connectivity index (χ1n) is 6.80. The molecule has 0 aromatic carbocycles. The van der Waals surface area contributed by atoms with Gasteiger partial charge in [0, 0.05) is 18.6 Å². The molecule has 17 heavy (non-hydrogen) atoms. The van der Waals surface area contributed by atoms with E-state index in [4.69, 9.17) is 4.42 Å². The quantitative estimate of drug-likeness (QED) is 0.752. The standard InChI is InChI=1S/C14H24N2O/c1-3-8-16(13-6-7-13)12(2)10-15-11-14-5-4-9-17-14/h4-5,9,12-13,15H,3,6-8,10-11H2,1-2H3. The summed E-state index contributed by atoms with van der Waals surface area (Å²) in [6.45, 7) is 7.69. The van der Waals surface area contributed by atoms with Crippen LogP contribution >= 0.6 is 0 Å². The number of nitrogens with zero attached hydrogens (tertiary/aromatic N) is 1. The van der Waals surface area contributed by atoms with E-state index in [0.29, 0.717) is 6.04 Å². The summed E-state index contributed by atoms with van der Waals surface area (Å²) >= 11 is 0. The van der Waals surface area contributed by atoms with E-state index in [2.05, 4.69) is 24.1 Å². The van der Waals surface area contributed by atoms with Crippen LogP contribution in [0.4, 0.5) is 0 Å². The van der Waals surface area contributed by atoms with Gasteiger partial charge in [0.25, 0.3) is 0 Å². The van der Waals surface area contributed by atoms with Crippen molar-refractivity contribution in [2.75, 3.05) is 13.1 Å². The van der Waals surface area contributed by atoms with E-state index < -0.39 is 0 Å². The molecule has 0 aliphatic heterocycles. The van der Waals surface area contributed by atoms with Gasteiger partial charge in [-0.25, -0.2) is 0 Å². The van der Waals surface area contributed by atoms with Crippen molar-refractivity contribution in [3.05, 3.63) is 24.2 Å². The molecule has 0 spiro atoms. The molecule has 1 saturated carbocycles. The lowest BCUT2D eigenvalue weighted by molar-refractivity contribution is 0.193. The third-order valence-electron chi connectivity index (χ3n) is 3.38. The van der Waals surface area contributed by atoms with Crippen LogP contribution in [0.2, 0.25) is 0 Å². The summed E-state index contributed by atoms with van der Waals surface area (Å²) in [6.07, 6.45) is 5.76. The minimum atomic E-state index is 0.623. The third-order valence-corrected chi connectivity index (χ3v) is 3.38. The summed E-state index contributed by atoms with van der Waals surface area (Å²) in [7, 11) is 0. The lowest BCUT2D eigenvalue weighted by atomic mass is 10.2. The van der Waals surface area contributed by atoms with Crippen LogP contribution in [0.5, 0.6) is 0 Å². The Labute approximate surface area is 104 Å². The molecule has 0 saturated heterocycles. The molecule has 1 aliphatic carbocycles. The van der Waals surface area contributed by atoms with Gasteiger partial charge in [-0.1, -0.05) is 6.92 Å². The Hall–Kier alpha value is -0.800. The maximum Gasteiger partial charge on any atom is 0.117 e.